The lowest BCUT2D eigenvalue weighted by Crippen LogP contribution is -2.51. The molecule has 0 aliphatic carbocycles. The van der Waals surface area contributed by atoms with Gasteiger partial charge in [-0.05, 0) is 18.2 Å². The lowest BCUT2D eigenvalue weighted by atomic mass is 10.1. The fourth-order valence-electron chi connectivity index (χ4n) is 3.43. The summed E-state index contributed by atoms with van der Waals surface area (Å²) in [5.74, 6) is 1.28. The van der Waals surface area contributed by atoms with E-state index in [-0.39, 0.29) is 5.91 Å². The van der Waals surface area contributed by atoms with Crippen molar-refractivity contribution < 1.29 is 19.0 Å². The van der Waals surface area contributed by atoms with Crippen molar-refractivity contribution >= 4 is 5.91 Å². The molecule has 7 heteroatoms. The Labute approximate surface area is 155 Å². The summed E-state index contributed by atoms with van der Waals surface area (Å²) >= 11 is 0. The monoisotopic (exact) mass is 363 g/mol. The van der Waals surface area contributed by atoms with Crippen molar-refractivity contribution in [2.45, 2.75) is 0 Å². The minimum Gasteiger partial charge on any atom is -0.493 e. The highest BCUT2D eigenvalue weighted by molar-refractivity contribution is 5.95. The Morgan fingerprint density at radius 2 is 1.54 bits per heavy atom. The highest BCUT2D eigenvalue weighted by Gasteiger charge is 2.23. The second kappa shape index (κ2) is 9.21. The van der Waals surface area contributed by atoms with Crippen LogP contribution >= 0.6 is 0 Å². The van der Waals surface area contributed by atoms with Crippen LogP contribution in [0.15, 0.2) is 18.2 Å². The molecular weight excluding hydrogens is 334 g/mol. The molecule has 0 aromatic heterocycles. The fraction of sp³-hybridized carbons (Fsp3) is 0.632. The number of methoxy groups -OCH3 is 2. The highest BCUT2D eigenvalue weighted by Crippen LogP contribution is 2.28. The zero-order valence-electron chi connectivity index (χ0n) is 15.8. The van der Waals surface area contributed by atoms with Gasteiger partial charge in [-0.25, -0.2) is 0 Å². The average molecular weight is 363 g/mol. The van der Waals surface area contributed by atoms with Gasteiger partial charge in [0.2, 0.25) is 0 Å². The third-order valence-corrected chi connectivity index (χ3v) is 5.13. The highest BCUT2D eigenvalue weighted by atomic mass is 16.5. The zero-order chi connectivity index (χ0) is 18.4. The number of benzene rings is 1. The molecule has 144 valence electrons. The van der Waals surface area contributed by atoms with Crippen LogP contribution in [0.1, 0.15) is 10.4 Å². The van der Waals surface area contributed by atoms with Crippen molar-refractivity contribution in [1.82, 2.24) is 14.7 Å². The summed E-state index contributed by atoms with van der Waals surface area (Å²) in [5.41, 5.74) is 0.643. The van der Waals surface area contributed by atoms with E-state index in [1.165, 1.54) is 0 Å². The van der Waals surface area contributed by atoms with Gasteiger partial charge in [0.25, 0.3) is 5.91 Å². The third-order valence-electron chi connectivity index (χ3n) is 5.13. The van der Waals surface area contributed by atoms with E-state index in [1.54, 1.807) is 32.4 Å². The van der Waals surface area contributed by atoms with Gasteiger partial charge in [0.05, 0.1) is 27.4 Å². The molecule has 26 heavy (non-hydrogen) atoms. The number of ether oxygens (including phenoxy) is 3. The Kier molecular flexibility index (Phi) is 6.71. The Bertz CT molecular complexity index is 596. The maximum absolute atomic E-state index is 12.8. The molecule has 7 nitrogen and oxygen atoms in total. The lowest BCUT2D eigenvalue weighted by molar-refractivity contribution is 0.0293. The first-order valence-corrected chi connectivity index (χ1v) is 9.25. The van der Waals surface area contributed by atoms with Crippen molar-refractivity contribution in [2.24, 2.45) is 0 Å². The molecule has 1 aromatic carbocycles. The Morgan fingerprint density at radius 1 is 0.923 bits per heavy atom. The number of carbonyl (C=O) groups excluding carboxylic acids is 1. The molecule has 2 saturated heterocycles. The van der Waals surface area contributed by atoms with Gasteiger partial charge in [0, 0.05) is 57.9 Å². The Balaban J connectivity index is 1.48. The summed E-state index contributed by atoms with van der Waals surface area (Å²) < 4.78 is 15.9. The number of hydrogen-bond donors (Lipinski definition) is 0. The van der Waals surface area contributed by atoms with Crippen molar-refractivity contribution in [2.75, 3.05) is 79.8 Å². The molecule has 3 rings (SSSR count). The topological polar surface area (TPSA) is 54.5 Å². The third kappa shape index (κ3) is 4.66. The second-order valence-electron chi connectivity index (χ2n) is 6.66. The smallest absolute Gasteiger partial charge is 0.254 e. The standard InChI is InChI=1S/C19H29N3O4/c1-24-17-4-3-16(15-18(17)25-2)19(23)22-9-7-20(8-10-22)5-6-21-11-13-26-14-12-21/h3-4,15H,5-14H2,1-2H3. The van der Waals surface area contributed by atoms with E-state index < -0.39 is 0 Å². The van der Waals surface area contributed by atoms with Crippen molar-refractivity contribution in [3.8, 4) is 11.5 Å². The number of rotatable bonds is 6. The van der Waals surface area contributed by atoms with E-state index in [4.69, 9.17) is 14.2 Å². The fourth-order valence-corrected chi connectivity index (χ4v) is 3.43. The largest absolute Gasteiger partial charge is 0.493 e. The van der Waals surface area contributed by atoms with E-state index in [1.807, 2.05) is 4.90 Å². The molecule has 2 heterocycles. The molecule has 0 saturated carbocycles. The molecule has 0 unspecified atom stereocenters. The first kappa shape index (κ1) is 18.9. The molecule has 0 radical (unpaired) electrons. The minimum atomic E-state index is 0.0544. The number of morpholine rings is 1. The number of carbonyl (C=O) groups is 1. The molecule has 1 amide bonds. The van der Waals surface area contributed by atoms with E-state index >= 15 is 0 Å². The lowest BCUT2D eigenvalue weighted by Gasteiger charge is -2.36. The van der Waals surface area contributed by atoms with Crippen LogP contribution in [0.5, 0.6) is 11.5 Å². The molecule has 2 fully saturated rings. The van der Waals surface area contributed by atoms with Crippen LogP contribution in [0.3, 0.4) is 0 Å². The van der Waals surface area contributed by atoms with Crippen LogP contribution in [0.2, 0.25) is 0 Å². The summed E-state index contributed by atoms with van der Waals surface area (Å²) in [6.45, 7) is 9.22. The summed E-state index contributed by atoms with van der Waals surface area (Å²) in [6.07, 6.45) is 0. The maximum atomic E-state index is 12.8. The predicted molar refractivity (Wildman–Crippen MR) is 99.1 cm³/mol. The van der Waals surface area contributed by atoms with Gasteiger partial charge in [-0.3, -0.25) is 14.6 Å². The predicted octanol–water partition coefficient (Wildman–Crippen LogP) is 0.794. The summed E-state index contributed by atoms with van der Waals surface area (Å²) in [4.78, 5) is 19.6. The van der Waals surface area contributed by atoms with Crippen LogP contribution in [0.25, 0.3) is 0 Å². The summed E-state index contributed by atoms with van der Waals surface area (Å²) in [7, 11) is 3.18. The molecular formula is C19H29N3O4. The van der Waals surface area contributed by atoms with E-state index in [2.05, 4.69) is 9.80 Å². The Morgan fingerprint density at radius 3 is 2.15 bits per heavy atom. The van der Waals surface area contributed by atoms with Gasteiger partial charge in [-0.1, -0.05) is 0 Å². The van der Waals surface area contributed by atoms with Crippen LogP contribution in [-0.2, 0) is 4.74 Å². The first-order chi connectivity index (χ1) is 12.7. The van der Waals surface area contributed by atoms with Gasteiger partial charge in [-0.2, -0.15) is 0 Å². The van der Waals surface area contributed by atoms with Crippen LogP contribution in [0, 0.1) is 0 Å². The van der Waals surface area contributed by atoms with Crippen molar-refractivity contribution in [3.05, 3.63) is 23.8 Å². The van der Waals surface area contributed by atoms with Crippen LogP contribution in [-0.4, -0.2) is 100 Å². The van der Waals surface area contributed by atoms with Gasteiger partial charge in [0.15, 0.2) is 11.5 Å². The normalized spacial score (nSPS) is 19.4. The minimum absolute atomic E-state index is 0.0544. The summed E-state index contributed by atoms with van der Waals surface area (Å²) in [5, 5.41) is 0. The molecule has 0 bridgehead atoms. The van der Waals surface area contributed by atoms with Crippen LogP contribution < -0.4 is 9.47 Å². The number of nitrogens with zero attached hydrogens (tertiary/aromatic N) is 3. The number of hydrogen-bond acceptors (Lipinski definition) is 6. The Hall–Kier alpha value is -1.83. The SMILES string of the molecule is COc1ccc(C(=O)N2CCN(CCN3CCOCC3)CC2)cc1OC. The van der Waals surface area contributed by atoms with Crippen molar-refractivity contribution in [1.29, 1.82) is 0 Å². The quantitative estimate of drug-likeness (QED) is 0.745. The van der Waals surface area contributed by atoms with E-state index in [0.717, 1.165) is 65.6 Å². The van der Waals surface area contributed by atoms with Gasteiger partial charge < -0.3 is 19.1 Å². The average Bonchev–Trinajstić information content (AvgIpc) is 2.72. The van der Waals surface area contributed by atoms with Gasteiger partial charge >= 0.3 is 0 Å². The molecule has 0 N–H and O–H groups in total. The molecule has 2 aliphatic heterocycles. The molecule has 1 aromatic rings. The molecule has 0 atom stereocenters. The first-order valence-electron chi connectivity index (χ1n) is 9.25. The summed E-state index contributed by atoms with van der Waals surface area (Å²) in [6, 6.07) is 5.34. The number of piperazine rings is 1. The number of amides is 1. The van der Waals surface area contributed by atoms with E-state index in [9.17, 15) is 4.79 Å². The maximum Gasteiger partial charge on any atom is 0.254 e. The molecule has 0 spiro atoms. The zero-order valence-corrected chi connectivity index (χ0v) is 15.8. The van der Waals surface area contributed by atoms with Gasteiger partial charge in [-0.15, -0.1) is 0 Å². The second-order valence-corrected chi connectivity index (χ2v) is 6.66. The van der Waals surface area contributed by atoms with Crippen LogP contribution in [0.4, 0.5) is 0 Å². The van der Waals surface area contributed by atoms with Crippen molar-refractivity contribution in [3.63, 3.8) is 0 Å². The van der Waals surface area contributed by atoms with Gasteiger partial charge in [0.1, 0.15) is 0 Å². The molecule has 2 aliphatic rings. The van der Waals surface area contributed by atoms with E-state index in [0.29, 0.717) is 17.1 Å².